The second kappa shape index (κ2) is 7.41. The largest absolute Gasteiger partial charge is 0.424 e. The van der Waals surface area contributed by atoms with Crippen LogP contribution in [0.25, 0.3) is 22.7 Å². The van der Waals surface area contributed by atoms with Gasteiger partial charge in [0.25, 0.3) is 0 Å². The van der Waals surface area contributed by atoms with Gasteiger partial charge in [0.2, 0.25) is 0 Å². The number of carbonyl (C=O) groups is 3. The molecule has 0 atom stereocenters. The Balaban J connectivity index is 2.43. The minimum Gasteiger partial charge on any atom is -0.424 e. The van der Waals surface area contributed by atoms with Crippen LogP contribution in [0.4, 0.5) is 0 Å². The number of carbonyl (C=O) groups excluding carboxylic acids is 3. The Morgan fingerprint density at radius 1 is 0.889 bits per heavy atom. The number of aromatic nitrogens is 1. The highest BCUT2D eigenvalue weighted by molar-refractivity contribution is 6.22. The van der Waals surface area contributed by atoms with Gasteiger partial charge in [-0.2, -0.15) is 0 Å². The summed E-state index contributed by atoms with van der Waals surface area (Å²) in [5, 5.41) is 0. The average molecular weight is 361 g/mol. The smallest absolute Gasteiger partial charge is 0.308 e. The van der Waals surface area contributed by atoms with E-state index in [9.17, 15) is 14.4 Å². The van der Waals surface area contributed by atoms with Crippen LogP contribution in [0.5, 0.6) is 5.75 Å². The summed E-state index contributed by atoms with van der Waals surface area (Å²) in [6.07, 6.45) is 3.29. The Hall–Kier alpha value is -3.47. The minimum absolute atomic E-state index is 0.0475. The molecule has 0 aliphatic heterocycles. The van der Waals surface area contributed by atoms with Gasteiger partial charge in [0, 0.05) is 13.1 Å². The van der Waals surface area contributed by atoms with Crippen molar-refractivity contribution in [2.24, 2.45) is 0 Å². The van der Waals surface area contributed by atoms with Gasteiger partial charge in [-0.05, 0) is 37.6 Å². The van der Waals surface area contributed by atoms with Gasteiger partial charge in [0.15, 0.2) is 17.3 Å². The van der Waals surface area contributed by atoms with Crippen molar-refractivity contribution < 1.29 is 19.1 Å². The fourth-order valence-corrected chi connectivity index (χ4v) is 3.06. The van der Waals surface area contributed by atoms with Crippen molar-refractivity contribution in [2.45, 2.75) is 20.8 Å². The number of rotatable bonds is 5. The molecule has 5 nitrogen and oxygen atoms in total. The number of fused-ring (bicyclic) bond motifs is 1. The van der Waals surface area contributed by atoms with Gasteiger partial charge in [-0.3, -0.25) is 14.4 Å². The number of nitrogens with zero attached hydrogens (tertiary/aromatic N) is 1. The van der Waals surface area contributed by atoms with Crippen LogP contribution in [-0.2, 0) is 14.4 Å². The molecule has 0 spiro atoms. The van der Waals surface area contributed by atoms with Gasteiger partial charge in [-0.15, -0.1) is 0 Å². The van der Waals surface area contributed by atoms with Crippen molar-refractivity contribution >= 4 is 29.1 Å². The quantitative estimate of drug-likeness (QED) is 0.297. The van der Waals surface area contributed by atoms with Crippen LogP contribution in [-0.4, -0.2) is 21.9 Å². The number of Topliss-reactive ketones (excluding diaryl/α,β-unsaturated/α-hetero) is 2. The van der Waals surface area contributed by atoms with Crippen LogP contribution in [0.2, 0.25) is 0 Å². The van der Waals surface area contributed by atoms with Gasteiger partial charge in [-0.25, -0.2) is 0 Å². The number of ketones is 2. The number of esters is 1. The van der Waals surface area contributed by atoms with E-state index < -0.39 is 5.97 Å². The molecular formula is C22H19NO4. The predicted octanol–water partition coefficient (Wildman–Crippen LogP) is 4.09. The maximum absolute atomic E-state index is 11.9. The lowest BCUT2D eigenvalue weighted by molar-refractivity contribution is -0.131. The third kappa shape index (κ3) is 3.58. The Kier molecular flexibility index (Phi) is 5.03. The molecule has 136 valence electrons. The first-order valence-corrected chi connectivity index (χ1v) is 8.50. The molecule has 0 saturated heterocycles. The molecule has 2 aromatic heterocycles. The minimum atomic E-state index is -0.482. The van der Waals surface area contributed by atoms with Gasteiger partial charge in [0.1, 0.15) is 0 Å². The first-order valence-electron chi connectivity index (χ1n) is 8.50. The lowest BCUT2D eigenvalue weighted by Crippen LogP contribution is -2.07. The topological polar surface area (TPSA) is 64.8 Å². The summed E-state index contributed by atoms with van der Waals surface area (Å²) in [5.41, 5.74) is 2.91. The summed E-state index contributed by atoms with van der Waals surface area (Å²) >= 11 is 0. The Labute approximate surface area is 156 Å². The maximum Gasteiger partial charge on any atom is 0.308 e. The number of allylic oxidation sites excluding steroid dienone is 1. The molecule has 0 radical (unpaired) electrons. The number of hydrogen-bond acceptors (Lipinski definition) is 4. The van der Waals surface area contributed by atoms with Crippen molar-refractivity contribution in [2.75, 3.05) is 0 Å². The van der Waals surface area contributed by atoms with E-state index in [0.29, 0.717) is 11.4 Å². The molecule has 0 N–H and O–H groups in total. The Bertz CT molecular complexity index is 1060. The predicted molar refractivity (Wildman–Crippen MR) is 103 cm³/mol. The van der Waals surface area contributed by atoms with E-state index in [1.807, 2.05) is 52.9 Å². The summed E-state index contributed by atoms with van der Waals surface area (Å²) in [7, 11) is 0. The van der Waals surface area contributed by atoms with E-state index in [2.05, 4.69) is 0 Å². The lowest BCUT2D eigenvalue weighted by Gasteiger charge is -2.06. The zero-order valence-electron chi connectivity index (χ0n) is 15.4. The van der Waals surface area contributed by atoms with Crippen LogP contribution >= 0.6 is 0 Å². The molecule has 27 heavy (non-hydrogen) atoms. The molecular weight excluding hydrogens is 342 g/mol. The standard InChI is InChI=1S/C22H19NO4/c1-14(24)18(15(2)25)13-20-22(27-16(3)26)21(17-9-5-4-6-10-17)19-11-7-8-12-23(19)20/h4-13H,1-3H3. The normalized spacial score (nSPS) is 10.5. The monoisotopic (exact) mass is 361 g/mol. The maximum atomic E-state index is 11.9. The second-order valence-electron chi connectivity index (χ2n) is 6.18. The van der Waals surface area contributed by atoms with E-state index >= 15 is 0 Å². The highest BCUT2D eigenvalue weighted by Crippen LogP contribution is 2.40. The first-order chi connectivity index (χ1) is 12.9. The average Bonchev–Trinajstić information content (AvgIpc) is 2.92. The van der Waals surface area contributed by atoms with Gasteiger partial charge < -0.3 is 9.14 Å². The molecule has 2 heterocycles. The van der Waals surface area contributed by atoms with Crippen LogP contribution < -0.4 is 4.74 Å². The summed E-state index contributed by atoms with van der Waals surface area (Å²) in [5.74, 6) is -0.850. The highest BCUT2D eigenvalue weighted by atomic mass is 16.5. The number of pyridine rings is 1. The molecule has 0 saturated carbocycles. The lowest BCUT2D eigenvalue weighted by atomic mass is 10.0. The molecule has 5 heteroatoms. The van der Waals surface area contributed by atoms with E-state index in [1.54, 1.807) is 6.20 Å². The van der Waals surface area contributed by atoms with Gasteiger partial charge >= 0.3 is 5.97 Å². The summed E-state index contributed by atoms with van der Waals surface area (Å²) < 4.78 is 7.36. The van der Waals surface area contributed by atoms with Crippen LogP contribution in [0.15, 0.2) is 60.3 Å². The van der Waals surface area contributed by atoms with E-state index in [1.165, 1.54) is 26.8 Å². The molecule has 0 bridgehead atoms. The Morgan fingerprint density at radius 3 is 2.11 bits per heavy atom. The molecule has 0 amide bonds. The van der Waals surface area contributed by atoms with E-state index in [0.717, 1.165) is 16.6 Å². The van der Waals surface area contributed by atoms with Crippen LogP contribution in [0, 0.1) is 0 Å². The first kappa shape index (κ1) is 18.3. The second-order valence-corrected chi connectivity index (χ2v) is 6.18. The summed E-state index contributed by atoms with van der Waals surface area (Å²) in [6, 6.07) is 15.1. The SMILES string of the molecule is CC(=O)Oc1c(-c2ccccc2)c2ccccn2c1C=C(C(C)=O)C(C)=O. The number of benzene rings is 1. The molecule has 0 aliphatic rings. The molecule has 0 fully saturated rings. The molecule has 3 rings (SSSR count). The highest BCUT2D eigenvalue weighted by Gasteiger charge is 2.22. The molecule has 0 aliphatic carbocycles. The van der Waals surface area contributed by atoms with Crippen LogP contribution in [0.1, 0.15) is 26.5 Å². The molecule has 1 aromatic carbocycles. The van der Waals surface area contributed by atoms with Crippen molar-refractivity contribution in [1.29, 1.82) is 0 Å². The third-order valence-corrected chi connectivity index (χ3v) is 4.18. The van der Waals surface area contributed by atoms with Gasteiger partial charge in [0.05, 0.1) is 22.3 Å². The number of hydrogen-bond donors (Lipinski definition) is 0. The zero-order valence-corrected chi connectivity index (χ0v) is 15.4. The Morgan fingerprint density at radius 2 is 1.52 bits per heavy atom. The van der Waals surface area contributed by atoms with Crippen molar-refractivity contribution in [3.8, 4) is 16.9 Å². The molecule has 0 unspecified atom stereocenters. The number of ether oxygens (including phenoxy) is 1. The van der Waals surface area contributed by atoms with Crippen LogP contribution in [0.3, 0.4) is 0 Å². The fourth-order valence-electron chi connectivity index (χ4n) is 3.06. The van der Waals surface area contributed by atoms with Crippen molar-refractivity contribution in [3.63, 3.8) is 0 Å². The van der Waals surface area contributed by atoms with Gasteiger partial charge in [-0.1, -0.05) is 36.4 Å². The fraction of sp³-hybridized carbons (Fsp3) is 0.136. The summed E-state index contributed by atoms with van der Waals surface area (Å²) in [6.45, 7) is 4.00. The van der Waals surface area contributed by atoms with E-state index in [4.69, 9.17) is 4.74 Å². The van der Waals surface area contributed by atoms with E-state index in [-0.39, 0.29) is 17.1 Å². The van der Waals surface area contributed by atoms with Crippen molar-refractivity contribution in [3.05, 3.63) is 66.0 Å². The summed E-state index contributed by atoms with van der Waals surface area (Å²) in [4.78, 5) is 35.7. The third-order valence-electron chi connectivity index (χ3n) is 4.18. The molecule has 3 aromatic rings. The zero-order chi connectivity index (χ0) is 19.6. The van der Waals surface area contributed by atoms with Crippen molar-refractivity contribution in [1.82, 2.24) is 4.40 Å².